The fraction of sp³-hybridized carbons (Fsp3) is 0.114. The molecule has 51 heavy (non-hydrogen) atoms. The van der Waals surface area contributed by atoms with E-state index >= 15 is 0 Å². The molecule has 0 spiro atoms. The first-order valence-corrected chi connectivity index (χ1v) is 17.7. The molecule has 6 aromatic rings. The highest BCUT2D eigenvalue weighted by molar-refractivity contribution is 8.15. The first-order valence-electron chi connectivity index (χ1n) is 16.9. The minimum Gasteiger partial charge on any atom is -0.490 e. The van der Waals surface area contributed by atoms with Crippen LogP contribution in [0.25, 0.3) is 11.1 Å². The Bertz CT molecular complexity index is 1990. The molecule has 0 aromatic heterocycles. The molecule has 1 saturated heterocycles. The van der Waals surface area contributed by atoms with Crippen molar-refractivity contribution < 1.29 is 19.2 Å². The maximum Gasteiger partial charge on any atom is 0.290 e. The first-order chi connectivity index (χ1) is 25.1. The third-order valence-electron chi connectivity index (χ3n) is 8.89. The predicted molar refractivity (Wildman–Crippen MR) is 204 cm³/mol. The van der Waals surface area contributed by atoms with Gasteiger partial charge in [0.05, 0.1) is 11.5 Å². The Morgan fingerprint density at radius 3 is 1.76 bits per heavy atom. The van der Waals surface area contributed by atoms with Crippen molar-refractivity contribution in [2.45, 2.75) is 17.2 Å². The van der Waals surface area contributed by atoms with Crippen LogP contribution in [0.4, 0.5) is 4.79 Å². The minimum absolute atomic E-state index is 0.216. The van der Waals surface area contributed by atoms with E-state index in [9.17, 15) is 9.59 Å². The Balaban J connectivity index is 0.997. The lowest BCUT2D eigenvalue weighted by Crippen LogP contribution is -2.51. The molecule has 0 N–H and O–H groups in total. The van der Waals surface area contributed by atoms with E-state index in [1.165, 1.54) is 4.90 Å². The van der Waals surface area contributed by atoms with Crippen molar-refractivity contribution in [1.29, 1.82) is 0 Å². The number of amides is 2. The lowest BCUT2D eigenvalue weighted by Gasteiger charge is -2.42. The SMILES string of the molecule is O=C1SC(Cc2ccc(OCCON=Cc3cccc(-c4ccccc4)c3)cc2)C(=O)N1C(c1ccccc1)(c1ccccc1)c1ccccc1. The van der Waals surface area contributed by atoms with Gasteiger partial charge in [0, 0.05) is 0 Å². The summed E-state index contributed by atoms with van der Waals surface area (Å²) in [4.78, 5) is 35.3. The van der Waals surface area contributed by atoms with Crippen molar-refractivity contribution in [2.24, 2.45) is 5.16 Å². The number of carbonyl (C=O) groups excluding carboxylic acids is 2. The van der Waals surface area contributed by atoms with E-state index in [4.69, 9.17) is 9.57 Å². The number of imide groups is 1. The maximum atomic E-state index is 14.4. The van der Waals surface area contributed by atoms with Crippen LogP contribution in [0.15, 0.2) is 175 Å². The van der Waals surface area contributed by atoms with Gasteiger partial charge in [0.1, 0.15) is 17.9 Å². The van der Waals surface area contributed by atoms with Crippen molar-refractivity contribution in [2.75, 3.05) is 13.2 Å². The molecule has 0 radical (unpaired) electrons. The third kappa shape index (κ3) is 7.35. The quantitative estimate of drug-likeness (QED) is 0.0524. The number of nitrogens with zero attached hydrogens (tertiary/aromatic N) is 2. The lowest BCUT2D eigenvalue weighted by atomic mass is 9.75. The second kappa shape index (κ2) is 15.7. The van der Waals surface area contributed by atoms with E-state index in [1.807, 2.05) is 146 Å². The maximum absolute atomic E-state index is 14.4. The molecule has 6 nitrogen and oxygen atoms in total. The van der Waals surface area contributed by atoms with Gasteiger partial charge < -0.3 is 9.57 Å². The fourth-order valence-corrected chi connectivity index (χ4v) is 7.59. The minimum atomic E-state index is -1.13. The van der Waals surface area contributed by atoms with E-state index in [-0.39, 0.29) is 17.8 Å². The van der Waals surface area contributed by atoms with Crippen LogP contribution in [-0.2, 0) is 21.6 Å². The molecule has 0 bridgehead atoms. The molecule has 6 aromatic carbocycles. The van der Waals surface area contributed by atoms with Crippen LogP contribution in [0.3, 0.4) is 0 Å². The van der Waals surface area contributed by atoms with Gasteiger partial charge in [-0.1, -0.05) is 169 Å². The fourth-order valence-electron chi connectivity index (χ4n) is 6.53. The molecular formula is C44H36N2O4S. The first kappa shape index (κ1) is 33.6. The van der Waals surface area contributed by atoms with E-state index < -0.39 is 10.8 Å². The van der Waals surface area contributed by atoms with Crippen LogP contribution in [0.1, 0.15) is 27.8 Å². The third-order valence-corrected chi connectivity index (χ3v) is 9.93. The van der Waals surface area contributed by atoms with E-state index in [0.29, 0.717) is 18.8 Å². The van der Waals surface area contributed by atoms with Gasteiger partial charge in [-0.3, -0.25) is 14.5 Å². The second-order valence-corrected chi connectivity index (χ2v) is 13.3. The Kier molecular flexibility index (Phi) is 10.4. The summed E-state index contributed by atoms with van der Waals surface area (Å²) in [6.07, 6.45) is 2.10. The summed E-state index contributed by atoms with van der Waals surface area (Å²) in [5, 5.41) is 3.26. The van der Waals surface area contributed by atoms with Crippen LogP contribution in [0, 0.1) is 0 Å². The van der Waals surface area contributed by atoms with Gasteiger partial charge in [0.25, 0.3) is 5.24 Å². The van der Waals surface area contributed by atoms with Gasteiger partial charge in [-0.25, -0.2) is 0 Å². The Morgan fingerprint density at radius 2 is 1.18 bits per heavy atom. The van der Waals surface area contributed by atoms with Gasteiger partial charge in [-0.2, -0.15) is 0 Å². The molecule has 1 heterocycles. The summed E-state index contributed by atoms with van der Waals surface area (Å²) >= 11 is 1.09. The number of rotatable bonds is 13. The van der Waals surface area contributed by atoms with Crippen LogP contribution >= 0.6 is 11.8 Å². The van der Waals surface area contributed by atoms with E-state index in [1.54, 1.807) is 6.21 Å². The van der Waals surface area contributed by atoms with Gasteiger partial charge in [0.2, 0.25) is 5.91 Å². The highest BCUT2D eigenvalue weighted by Gasteiger charge is 2.53. The number of thioether (sulfide) groups is 1. The van der Waals surface area contributed by atoms with Crippen molar-refractivity contribution >= 4 is 29.1 Å². The Hall–Kier alpha value is -5.92. The number of hydrogen-bond donors (Lipinski definition) is 0. The van der Waals surface area contributed by atoms with Crippen LogP contribution < -0.4 is 4.74 Å². The molecule has 252 valence electrons. The molecule has 0 aliphatic carbocycles. The van der Waals surface area contributed by atoms with Gasteiger partial charge in [0.15, 0.2) is 6.61 Å². The highest BCUT2D eigenvalue weighted by Crippen LogP contribution is 2.47. The zero-order chi connectivity index (χ0) is 34.9. The summed E-state index contributed by atoms with van der Waals surface area (Å²) in [6, 6.07) is 55.4. The number of carbonyl (C=O) groups is 2. The Morgan fingerprint density at radius 1 is 0.627 bits per heavy atom. The second-order valence-electron chi connectivity index (χ2n) is 12.1. The summed E-state index contributed by atoms with van der Waals surface area (Å²) in [5.41, 5.74) is 5.56. The number of oxime groups is 1. The molecular weight excluding hydrogens is 653 g/mol. The smallest absolute Gasteiger partial charge is 0.290 e. The van der Waals surface area contributed by atoms with E-state index in [0.717, 1.165) is 50.7 Å². The highest BCUT2D eigenvalue weighted by atomic mass is 32.2. The van der Waals surface area contributed by atoms with E-state index in [2.05, 4.69) is 29.4 Å². The largest absolute Gasteiger partial charge is 0.490 e. The zero-order valence-electron chi connectivity index (χ0n) is 27.9. The molecule has 1 aliphatic rings. The Labute approximate surface area is 302 Å². The summed E-state index contributed by atoms with van der Waals surface area (Å²) in [7, 11) is 0. The van der Waals surface area contributed by atoms with Crippen molar-refractivity contribution in [1.82, 2.24) is 4.90 Å². The molecule has 7 rings (SSSR count). The lowest BCUT2D eigenvalue weighted by molar-refractivity contribution is -0.129. The van der Waals surface area contributed by atoms with Crippen LogP contribution in [-0.4, -0.2) is 40.7 Å². The monoisotopic (exact) mass is 688 g/mol. The molecule has 1 atom stereocenters. The average molecular weight is 689 g/mol. The summed E-state index contributed by atoms with van der Waals surface area (Å²) in [6.45, 7) is 0.607. The predicted octanol–water partition coefficient (Wildman–Crippen LogP) is 9.38. The molecule has 7 heteroatoms. The van der Waals surface area contributed by atoms with Crippen LogP contribution in [0.2, 0.25) is 0 Å². The summed E-state index contributed by atoms with van der Waals surface area (Å²) < 4.78 is 5.87. The molecule has 1 unspecified atom stereocenters. The number of hydrogen-bond acceptors (Lipinski definition) is 6. The molecule has 2 amide bonds. The van der Waals surface area contributed by atoms with Crippen molar-refractivity contribution in [3.63, 3.8) is 0 Å². The topological polar surface area (TPSA) is 68.2 Å². The number of ether oxygens (including phenoxy) is 1. The zero-order valence-corrected chi connectivity index (χ0v) is 28.7. The van der Waals surface area contributed by atoms with Gasteiger partial charge in [-0.05, 0) is 63.6 Å². The summed E-state index contributed by atoms with van der Waals surface area (Å²) in [5.74, 6) is 0.465. The normalized spacial score (nSPS) is 14.6. The molecule has 1 fully saturated rings. The van der Waals surface area contributed by atoms with Gasteiger partial charge in [-0.15, -0.1) is 0 Å². The standard InChI is InChI=1S/C44H36N2O4S/c47-42-41(51-43(48)46(42)44(37-18-7-2-8-19-37,38-20-9-3-10-21-38)39-22-11-4-12-23-39)31-33-24-26-40(27-25-33)49-28-29-50-45-32-34-14-13-17-36(30-34)35-15-5-1-6-16-35/h1-27,30,32,41H,28-29,31H2. The van der Waals surface area contributed by atoms with Crippen molar-refractivity contribution in [3.05, 3.63) is 198 Å². The molecule has 1 aliphatic heterocycles. The van der Waals surface area contributed by atoms with Crippen LogP contribution in [0.5, 0.6) is 5.75 Å². The average Bonchev–Trinajstić information content (AvgIpc) is 3.47. The number of benzene rings is 6. The van der Waals surface area contributed by atoms with Crippen molar-refractivity contribution in [3.8, 4) is 16.9 Å². The van der Waals surface area contributed by atoms with Gasteiger partial charge >= 0.3 is 0 Å². The molecule has 0 saturated carbocycles.